The molecule has 0 spiro atoms. The van der Waals surface area contributed by atoms with Crippen LogP contribution in [0.1, 0.15) is 252 Å². The predicted molar refractivity (Wildman–Crippen MR) is 248 cm³/mol. The zero-order chi connectivity index (χ0) is 42.0. The van der Waals surface area contributed by atoms with Gasteiger partial charge in [-0.1, -0.05) is 168 Å². The van der Waals surface area contributed by atoms with Gasteiger partial charge >= 0.3 is 11.9 Å². The minimum absolute atomic E-state index is 0.0111. The molecule has 0 aromatic rings. The lowest BCUT2D eigenvalue weighted by molar-refractivity contribution is -0.145. The lowest BCUT2D eigenvalue weighted by Crippen LogP contribution is -2.43. The first kappa shape index (κ1) is 54.8. The molecule has 0 unspecified atom stereocenters. The molecule has 1 aliphatic rings. The fourth-order valence-electron chi connectivity index (χ4n) is 8.97. The van der Waals surface area contributed by atoms with Crippen molar-refractivity contribution in [1.82, 2.24) is 9.80 Å². The van der Waals surface area contributed by atoms with Crippen molar-refractivity contribution in [2.45, 2.75) is 258 Å². The molecule has 7 nitrogen and oxygen atoms in total. The van der Waals surface area contributed by atoms with Gasteiger partial charge in [-0.05, 0) is 89.6 Å². The van der Waals surface area contributed by atoms with Crippen LogP contribution in [0.2, 0.25) is 0 Å². The summed E-state index contributed by atoms with van der Waals surface area (Å²) in [7, 11) is 0. The number of carbonyl (C=O) groups excluding carboxylic acids is 2. The molecule has 7 heteroatoms. The van der Waals surface area contributed by atoms with Crippen molar-refractivity contribution in [3.05, 3.63) is 0 Å². The van der Waals surface area contributed by atoms with Gasteiger partial charge in [0.1, 0.15) is 0 Å². The third-order valence-corrected chi connectivity index (χ3v) is 12.8. The summed E-state index contributed by atoms with van der Waals surface area (Å²) < 4.78 is 11.4. The maximum Gasteiger partial charge on any atom is 0.306 e. The topological polar surface area (TPSA) is 79.3 Å². The van der Waals surface area contributed by atoms with Gasteiger partial charge in [0.05, 0.1) is 19.8 Å². The Morgan fingerprint density at radius 2 is 0.966 bits per heavy atom. The van der Waals surface area contributed by atoms with Gasteiger partial charge < -0.3 is 14.6 Å². The zero-order valence-corrected chi connectivity index (χ0v) is 39.2. The summed E-state index contributed by atoms with van der Waals surface area (Å²) in [6.07, 6.45) is 43.4. The number of unbranched alkanes of at least 4 members (excludes halogenated alkanes) is 22. The van der Waals surface area contributed by atoms with Crippen molar-refractivity contribution in [3.63, 3.8) is 0 Å². The third kappa shape index (κ3) is 34.5. The number of aliphatic hydroxyl groups is 1. The van der Waals surface area contributed by atoms with Crippen LogP contribution in [0.15, 0.2) is 0 Å². The van der Waals surface area contributed by atoms with Gasteiger partial charge in [0.2, 0.25) is 0 Å². The molecule has 58 heavy (non-hydrogen) atoms. The molecule has 1 saturated carbocycles. The Balaban J connectivity index is 2.32. The van der Waals surface area contributed by atoms with E-state index in [1.807, 2.05) is 0 Å². The van der Waals surface area contributed by atoms with Crippen molar-refractivity contribution in [1.29, 1.82) is 0 Å². The van der Waals surface area contributed by atoms with Gasteiger partial charge in [-0.2, -0.15) is 0 Å². The predicted octanol–water partition coefficient (Wildman–Crippen LogP) is 13.8. The van der Waals surface area contributed by atoms with Gasteiger partial charge in [0.15, 0.2) is 0 Å². The van der Waals surface area contributed by atoms with Crippen LogP contribution in [0.3, 0.4) is 0 Å². The smallest absolute Gasteiger partial charge is 0.306 e. The van der Waals surface area contributed by atoms with E-state index in [4.69, 9.17) is 9.47 Å². The Hall–Kier alpha value is -1.18. The molecule has 0 bridgehead atoms. The maximum absolute atomic E-state index is 12.9. The van der Waals surface area contributed by atoms with Gasteiger partial charge in [0, 0.05) is 38.5 Å². The average molecular weight is 821 g/mol. The molecule has 344 valence electrons. The SMILES string of the molecule is CCCCCCCCCCCC(=O)OCCCCCN(CCN(CCO)CCCCCOC(=O)CC(CCCCCCCC)CCCCCCCC)C1CCCCC1. The van der Waals surface area contributed by atoms with Crippen molar-refractivity contribution < 1.29 is 24.2 Å². The van der Waals surface area contributed by atoms with Crippen LogP contribution in [0.4, 0.5) is 0 Å². The van der Waals surface area contributed by atoms with Crippen LogP contribution in [0.5, 0.6) is 0 Å². The van der Waals surface area contributed by atoms with E-state index in [1.54, 1.807) is 0 Å². The van der Waals surface area contributed by atoms with Crippen LogP contribution in [0.25, 0.3) is 0 Å². The normalized spacial score (nSPS) is 13.6. The first-order valence-electron chi connectivity index (χ1n) is 25.9. The second-order valence-corrected chi connectivity index (χ2v) is 18.2. The highest BCUT2D eigenvalue weighted by Crippen LogP contribution is 2.24. The van der Waals surface area contributed by atoms with Crippen LogP contribution < -0.4 is 0 Å². The molecular weight excluding hydrogens is 721 g/mol. The number of rotatable bonds is 44. The number of ether oxygens (including phenoxy) is 2. The summed E-state index contributed by atoms with van der Waals surface area (Å²) in [5, 5.41) is 9.86. The Kier molecular flexibility index (Phi) is 40.2. The number of hydrogen-bond acceptors (Lipinski definition) is 7. The van der Waals surface area contributed by atoms with E-state index < -0.39 is 0 Å². The number of nitrogens with zero attached hydrogens (tertiary/aromatic N) is 2. The van der Waals surface area contributed by atoms with E-state index in [-0.39, 0.29) is 18.5 Å². The van der Waals surface area contributed by atoms with Crippen molar-refractivity contribution in [2.75, 3.05) is 52.5 Å². The van der Waals surface area contributed by atoms with E-state index in [0.717, 1.165) is 84.1 Å². The first-order chi connectivity index (χ1) is 28.5. The average Bonchev–Trinajstić information content (AvgIpc) is 3.23. The van der Waals surface area contributed by atoms with Crippen molar-refractivity contribution in [2.24, 2.45) is 5.92 Å². The molecule has 0 radical (unpaired) electrons. The minimum Gasteiger partial charge on any atom is -0.466 e. The van der Waals surface area contributed by atoms with E-state index in [2.05, 4.69) is 30.6 Å². The lowest BCUT2D eigenvalue weighted by atomic mass is 9.91. The quantitative estimate of drug-likeness (QED) is 0.0484. The maximum atomic E-state index is 12.9. The van der Waals surface area contributed by atoms with Crippen LogP contribution in [0, 0.1) is 5.92 Å². The molecule has 0 heterocycles. The third-order valence-electron chi connectivity index (χ3n) is 12.8. The largest absolute Gasteiger partial charge is 0.466 e. The fraction of sp³-hybridized carbons (Fsp3) is 0.961. The zero-order valence-electron chi connectivity index (χ0n) is 39.2. The van der Waals surface area contributed by atoms with Crippen LogP contribution >= 0.6 is 0 Å². The van der Waals surface area contributed by atoms with Gasteiger partial charge in [-0.3, -0.25) is 19.4 Å². The Morgan fingerprint density at radius 3 is 1.50 bits per heavy atom. The molecule has 0 aromatic carbocycles. The summed E-state index contributed by atoms with van der Waals surface area (Å²) in [4.78, 5) is 30.3. The lowest BCUT2D eigenvalue weighted by Gasteiger charge is -2.36. The Morgan fingerprint density at radius 1 is 0.500 bits per heavy atom. The highest BCUT2D eigenvalue weighted by molar-refractivity contribution is 5.69. The molecule has 1 fully saturated rings. The number of carbonyl (C=O) groups is 2. The molecule has 1 aliphatic carbocycles. The van der Waals surface area contributed by atoms with Gasteiger partial charge in [-0.15, -0.1) is 0 Å². The van der Waals surface area contributed by atoms with E-state index in [0.29, 0.717) is 38.0 Å². The second kappa shape index (κ2) is 42.5. The van der Waals surface area contributed by atoms with Crippen molar-refractivity contribution in [3.8, 4) is 0 Å². The number of hydrogen-bond donors (Lipinski definition) is 1. The van der Waals surface area contributed by atoms with Gasteiger partial charge in [0.25, 0.3) is 0 Å². The molecule has 0 amide bonds. The number of esters is 2. The molecule has 0 atom stereocenters. The second-order valence-electron chi connectivity index (χ2n) is 18.2. The van der Waals surface area contributed by atoms with E-state index >= 15 is 0 Å². The Labute approximate surface area is 361 Å². The highest BCUT2D eigenvalue weighted by atomic mass is 16.5. The summed E-state index contributed by atoms with van der Waals surface area (Å²) in [6.45, 7) is 12.9. The molecular formula is C51H100N2O5. The molecule has 0 aliphatic heterocycles. The van der Waals surface area contributed by atoms with Crippen LogP contribution in [-0.2, 0) is 19.1 Å². The first-order valence-corrected chi connectivity index (χ1v) is 25.9. The van der Waals surface area contributed by atoms with Crippen LogP contribution in [-0.4, -0.2) is 85.4 Å². The van der Waals surface area contributed by atoms with E-state index in [9.17, 15) is 14.7 Å². The Bertz CT molecular complexity index is 865. The molecule has 1 rings (SSSR count). The standard InChI is InChI=1S/C51H100N2O5/c1-4-7-10-13-16-17-18-21-29-38-50(55)57-45-33-24-31-40-53(49-36-27-22-28-37-49)42-41-52(43-44-54)39-30-23-32-46-58-51(56)47-48(34-25-19-14-11-8-5-2)35-26-20-15-12-9-6-3/h48-49,54H,4-47H2,1-3H3. The van der Waals surface area contributed by atoms with Crippen molar-refractivity contribution >= 4 is 11.9 Å². The summed E-state index contributed by atoms with van der Waals surface area (Å²) in [5.74, 6) is 0.476. The fourth-order valence-corrected chi connectivity index (χ4v) is 8.97. The molecule has 0 aromatic heterocycles. The minimum atomic E-state index is -0.0157. The summed E-state index contributed by atoms with van der Waals surface area (Å²) >= 11 is 0. The van der Waals surface area contributed by atoms with Gasteiger partial charge in [-0.25, -0.2) is 0 Å². The summed E-state index contributed by atoms with van der Waals surface area (Å²) in [5.41, 5.74) is 0. The summed E-state index contributed by atoms with van der Waals surface area (Å²) in [6, 6.07) is 0.671. The number of aliphatic hydroxyl groups excluding tert-OH is 1. The molecule has 0 saturated heterocycles. The molecule has 1 N–H and O–H groups in total. The highest BCUT2D eigenvalue weighted by Gasteiger charge is 2.21. The monoisotopic (exact) mass is 821 g/mol. The van der Waals surface area contributed by atoms with E-state index in [1.165, 1.54) is 167 Å².